The Balaban J connectivity index is 2.01. The number of hydrogen-bond acceptors (Lipinski definition) is 7. The van der Waals surface area contributed by atoms with Crippen molar-refractivity contribution in [3.8, 4) is 11.6 Å². The molecule has 14 heteroatoms. The summed E-state index contributed by atoms with van der Waals surface area (Å²) in [6.45, 7) is 0. The lowest BCUT2D eigenvalue weighted by Gasteiger charge is -2.13. The van der Waals surface area contributed by atoms with E-state index >= 15 is 0 Å². The molecule has 0 aliphatic carbocycles. The smallest absolute Gasteiger partial charge is 0.435 e. The summed E-state index contributed by atoms with van der Waals surface area (Å²) in [7, 11) is -3.71. The molecular formula is C18H11ClF4N4O4S. The predicted molar refractivity (Wildman–Crippen MR) is 104 cm³/mol. The number of alkyl halides is 3. The molecule has 0 atom stereocenters. The minimum atomic E-state index is -4.93. The molecule has 0 aliphatic heterocycles. The van der Waals surface area contributed by atoms with Crippen LogP contribution in [0.3, 0.4) is 0 Å². The summed E-state index contributed by atoms with van der Waals surface area (Å²) in [5.41, 5.74) is -2.20. The molecule has 32 heavy (non-hydrogen) atoms. The second-order valence-corrected chi connectivity index (χ2v) is 8.58. The summed E-state index contributed by atoms with van der Waals surface area (Å²) in [6, 6.07) is 6.99. The van der Waals surface area contributed by atoms with Crippen molar-refractivity contribution < 1.29 is 35.5 Å². The third kappa shape index (κ3) is 5.48. The number of benzene rings is 1. The van der Waals surface area contributed by atoms with E-state index in [2.05, 4.69) is 20.5 Å². The third-order valence-corrected chi connectivity index (χ3v) is 5.02. The zero-order valence-electron chi connectivity index (χ0n) is 15.8. The molecule has 0 saturated heterocycles. The van der Waals surface area contributed by atoms with Gasteiger partial charge >= 0.3 is 6.18 Å². The summed E-state index contributed by atoms with van der Waals surface area (Å²) < 4.78 is 81.1. The number of hydrogen-bond donors (Lipinski definition) is 1. The number of anilines is 1. The van der Waals surface area contributed by atoms with Gasteiger partial charge in [0.2, 0.25) is 0 Å². The zero-order chi connectivity index (χ0) is 23.7. The second kappa shape index (κ2) is 8.67. The minimum Gasteiger partial charge on any atom is -0.435 e. The molecule has 0 fully saturated rings. The molecule has 0 bridgehead atoms. The van der Waals surface area contributed by atoms with Crippen LogP contribution in [-0.2, 0) is 16.0 Å². The Kier molecular flexibility index (Phi) is 6.32. The molecule has 168 valence electrons. The third-order valence-electron chi connectivity index (χ3n) is 3.74. The van der Waals surface area contributed by atoms with Gasteiger partial charge in [0.05, 0.1) is 5.02 Å². The van der Waals surface area contributed by atoms with Crippen LogP contribution in [0.5, 0.6) is 11.6 Å². The van der Waals surface area contributed by atoms with Crippen molar-refractivity contribution in [1.29, 1.82) is 0 Å². The van der Waals surface area contributed by atoms with Crippen molar-refractivity contribution in [1.82, 2.24) is 15.2 Å². The fraction of sp³-hybridized carbons (Fsp3) is 0.111. The number of halogens is 5. The van der Waals surface area contributed by atoms with Crippen molar-refractivity contribution in [2.45, 2.75) is 11.2 Å². The van der Waals surface area contributed by atoms with Gasteiger partial charge in [0.15, 0.2) is 20.6 Å². The van der Waals surface area contributed by atoms with E-state index in [-0.39, 0.29) is 21.6 Å². The van der Waals surface area contributed by atoms with Gasteiger partial charge in [-0.05, 0) is 36.4 Å². The monoisotopic (exact) mass is 490 g/mol. The fourth-order valence-electron chi connectivity index (χ4n) is 2.29. The molecule has 0 aliphatic rings. The molecule has 0 saturated carbocycles. The van der Waals surface area contributed by atoms with Crippen LogP contribution in [0.2, 0.25) is 5.02 Å². The summed E-state index contributed by atoms with van der Waals surface area (Å²) >= 11 is 5.84. The highest BCUT2D eigenvalue weighted by atomic mass is 35.5. The minimum absolute atomic E-state index is 0.201. The van der Waals surface area contributed by atoms with E-state index in [9.17, 15) is 30.8 Å². The summed E-state index contributed by atoms with van der Waals surface area (Å²) in [5, 5.41) is 7.87. The lowest BCUT2D eigenvalue weighted by atomic mass is 10.2. The Morgan fingerprint density at radius 1 is 1.12 bits per heavy atom. The lowest BCUT2D eigenvalue weighted by Crippen LogP contribution is -2.18. The van der Waals surface area contributed by atoms with Gasteiger partial charge in [-0.1, -0.05) is 17.7 Å². The lowest BCUT2D eigenvalue weighted by molar-refractivity contribution is -0.141. The first-order valence-corrected chi connectivity index (χ1v) is 10.7. The van der Waals surface area contributed by atoms with Gasteiger partial charge in [-0.25, -0.2) is 17.8 Å². The maximum absolute atomic E-state index is 13.2. The molecule has 0 unspecified atom stereocenters. The Morgan fingerprint density at radius 3 is 2.47 bits per heavy atom. The van der Waals surface area contributed by atoms with Crippen LogP contribution in [0.15, 0.2) is 47.5 Å². The first kappa shape index (κ1) is 23.3. The van der Waals surface area contributed by atoms with Gasteiger partial charge < -0.3 is 10.1 Å². The quantitative estimate of drug-likeness (QED) is 0.535. The van der Waals surface area contributed by atoms with Gasteiger partial charge in [0.1, 0.15) is 22.9 Å². The maximum Gasteiger partial charge on any atom is 0.435 e. The van der Waals surface area contributed by atoms with E-state index in [1.807, 2.05) is 0 Å². The number of pyridine rings is 1. The molecule has 8 nitrogen and oxygen atoms in total. The summed E-state index contributed by atoms with van der Waals surface area (Å²) in [5.74, 6) is -2.97. The Hall–Kier alpha value is -3.32. The van der Waals surface area contributed by atoms with Gasteiger partial charge in [-0.2, -0.15) is 13.2 Å². The van der Waals surface area contributed by atoms with Crippen LogP contribution in [0.25, 0.3) is 0 Å². The van der Waals surface area contributed by atoms with Gasteiger partial charge in [0.25, 0.3) is 11.8 Å². The first-order valence-electron chi connectivity index (χ1n) is 8.41. The highest BCUT2D eigenvalue weighted by Gasteiger charge is 2.35. The normalized spacial score (nSPS) is 11.8. The predicted octanol–water partition coefficient (Wildman–Crippen LogP) is 4.13. The Labute approximate surface area is 183 Å². The molecule has 3 rings (SSSR count). The van der Waals surface area contributed by atoms with E-state index < -0.39 is 44.9 Å². The number of rotatable bonds is 5. The van der Waals surface area contributed by atoms with E-state index in [1.165, 1.54) is 18.2 Å². The van der Waals surface area contributed by atoms with Crippen molar-refractivity contribution in [3.05, 3.63) is 64.6 Å². The average Bonchev–Trinajstić information content (AvgIpc) is 2.69. The van der Waals surface area contributed by atoms with Crippen LogP contribution in [0.4, 0.5) is 23.4 Å². The van der Waals surface area contributed by atoms with Gasteiger partial charge in [-0.15, -0.1) is 10.2 Å². The van der Waals surface area contributed by atoms with E-state index in [0.717, 1.165) is 24.5 Å². The number of ether oxygens (including phenoxy) is 1. The summed E-state index contributed by atoms with van der Waals surface area (Å²) in [4.78, 5) is 16.4. The molecule has 1 N–H and O–H groups in total. The number of carbonyl (C=O) groups excluding carboxylic acids is 1. The average molecular weight is 491 g/mol. The Morgan fingerprint density at radius 2 is 1.84 bits per heavy atom. The molecule has 1 amide bonds. The van der Waals surface area contributed by atoms with Gasteiger partial charge in [0, 0.05) is 6.26 Å². The number of nitrogens with one attached hydrogen (secondary N) is 1. The van der Waals surface area contributed by atoms with E-state index in [1.54, 1.807) is 0 Å². The molecular weight excluding hydrogens is 480 g/mol. The maximum atomic E-state index is 13.2. The highest BCUT2D eigenvalue weighted by Crippen LogP contribution is 2.33. The van der Waals surface area contributed by atoms with E-state index in [0.29, 0.717) is 6.07 Å². The number of nitrogens with zero attached hydrogens (tertiary/aromatic N) is 3. The van der Waals surface area contributed by atoms with Crippen LogP contribution in [0.1, 0.15) is 16.1 Å². The molecule has 2 heterocycles. The molecule has 0 spiro atoms. The first-order chi connectivity index (χ1) is 14.8. The van der Waals surface area contributed by atoms with Crippen molar-refractivity contribution in [3.63, 3.8) is 0 Å². The number of sulfone groups is 1. The van der Waals surface area contributed by atoms with E-state index in [4.69, 9.17) is 16.3 Å². The standard InChI is InChI=1S/C18H11ClF4N4O4S/c1-32(29,30)15-4-2-3-14(24-15)25-16(28)10-8-13(18(21,22)23)26-27-17(10)31-12-6-5-9(20)7-11(12)19/h2-8H,1H3,(H,24,25,28). The summed E-state index contributed by atoms with van der Waals surface area (Å²) in [6.07, 6.45) is -4.04. The topological polar surface area (TPSA) is 111 Å². The number of carbonyl (C=O) groups is 1. The molecule has 3 aromatic rings. The number of amides is 1. The second-order valence-electron chi connectivity index (χ2n) is 6.21. The highest BCUT2D eigenvalue weighted by molar-refractivity contribution is 7.90. The largest absolute Gasteiger partial charge is 0.435 e. The molecule has 0 radical (unpaired) electrons. The Bertz CT molecular complexity index is 1300. The SMILES string of the molecule is CS(=O)(=O)c1cccc(NC(=O)c2cc(C(F)(F)F)nnc2Oc2ccc(F)cc2Cl)n1. The van der Waals surface area contributed by atoms with Crippen LogP contribution in [-0.4, -0.2) is 35.8 Å². The van der Waals surface area contributed by atoms with Crippen LogP contribution in [0, 0.1) is 5.82 Å². The fourth-order valence-corrected chi connectivity index (χ4v) is 3.09. The number of aromatic nitrogens is 3. The molecule has 2 aromatic heterocycles. The van der Waals surface area contributed by atoms with Crippen molar-refractivity contribution in [2.75, 3.05) is 11.6 Å². The zero-order valence-corrected chi connectivity index (χ0v) is 17.4. The van der Waals surface area contributed by atoms with Crippen LogP contribution >= 0.6 is 11.6 Å². The van der Waals surface area contributed by atoms with Crippen molar-refractivity contribution in [2.24, 2.45) is 0 Å². The molecule has 1 aromatic carbocycles. The van der Waals surface area contributed by atoms with Crippen molar-refractivity contribution >= 4 is 33.2 Å². The van der Waals surface area contributed by atoms with Crippen LogP contribution < -0.4 is 10.1 Å². The van der Waals surface area contributed by atoms with Gasteiger partial charge in [-0.3, -0.25) is 4.79 Å².